The molecule has 0 spiro atoms. The number of hydrogen-bond acceptors (Lipinski definition) is 5. The summed E-state index contributed by atoms with van der Waals surface area (Å²) in [6, 6.07) is 8.98. The topological polar surface area (TPSA) is 61.8 Å². The smallest absolute Gasteiger partial charge is 0.387 e. The third kappa shape index (κ3) is 4.78. The second-order valence-electron chi connectivity index (χ2n) is 5.56. The number of aryl methyl sites for hydroxylation is 2. The summed E-state index contributed by atoms with van der Waals surface area (Å²) in [6.45, 7) is 0.266. The summed E-state index contributed by atoms with van der Waals surface area (Å²) in [5, 5.41) is 0. The van der Waals surface area contributed by atoms with E-state index in [-0.39, 0.29) is 22.8 Å². The molecule has 0 saturated heterocycles. The minimum atomic E-state index is -3.02. The van der Waals surface area contributed by atoms with Crippen LogP contribution >= 0.6 is 0 Å². The van der Waals surface area contributed by atoms with Gasteiger partial charge in [0.15, 0.2) is 18.1 Å². The van der Waals surface area contributed by atoms with Crippen molar-refractivity contribution in [1.29, 1.82) is 0 Å². The molecule has 0 unspecified atom stereocenters. The number of halogens is 2. The Labute approximate surface area is 149 Å². The third-order valence-electron chi connectivity index (χ3n) is 3.63. The Hall–Kier alpha value is -2.96. The number of methoxy groups -OCH3 is 1. The predicted octanol–water partition coefficient (Wildman–Crippen LogP) is 3.95. The van der Waals surface area contributed by atoms with Crippen LogP contribution in [0.3, 0.4) is 0 Å². The molecule has 2 rings (SSSR count). The van der Waals surface area contributed by atoms with E-state index in [0.717, 1.165) is 11.1 Å². The van der Waals surface area contributed by atoms with E-state index in [1.807, 2.05) is 13.0 Å². The molecule has 0 aliphatic rings. The van der Waals surface area contributed by atoms with E-state index in [1.54, 1.807) is 19.1 Å². The summed E-state index contributed by atoms with van der Waals surface area (Å²) in [5.74, 6) is -1.35. The fourth-order valence-electron chi connectivity index (χ4n) is 2.41. The van der Waals surface area contributed by atoms with E-state index < -0.39 is 19.2 Å². The van der Waals surface area contributed by atoms with Gasteiger partial charge in [-0.2, -0.15) is 8.78 Å². The molecule has 0 saturated carbocycles. The van der Waals surface area contributed by atoms with Crippen molar-refractivity contribution in [3.05, 3.63) is 58.7 Å². The summed E-state index contributed by atoms with van der Waals surface area (Å²) >= 11 is 0. The summed E-state index contributed by atoms with van der Waals surface area (Å²) in [6.07, 6.45) is 0. The standard InChI is InChI=1S/C19H18F2O5/c1-11-4-6-14(12(2)8-11)15(22)10-25-18(23)13-5-7-16(26-19(20)21)17(9-13)24-3/h4-9,19H,10H2,1-3H3. The van der Waals surface area contributed by atoms with Crippen LogP contribution in [0.25, 0.3) is 0 Å². The zero-order chi connectivity index (χ0) is 19.3. The lowest BCUT2D eigenvalue weighted by atomic mass is 10.0. The number of carbonyl (C=O) groups is 2. The molecular weight excluding hydrogens is 346 g/mol. The van der Waals surface area contributed by atoms with Crippen LogP contribution in [0.5, 0.6) is 11.5 Å². The van der Waals surface area contributed by atoms with Crippen molar-refractivity contribution in [2.45, 2.75) is 20.5 Å². The molecule has 5 nitrogen and oxygen atoms in total. The number of benzene rings is 2. The second kappa shape index (κ2) is 8.42. The summed E-state index contributed by atoms with van der Waals surface area (Å²) in [4.78, 5) is 24.3. The third-order valence-corrected chi connectivity index (χ3v) is 3.63. The molecule has 0 atom stereocenters. The summed E-state index contributed by atoms with van der Waals surface area (Å²) in [5.41, 5.74) is 2.34. The van der Waals surface area contributed by atoms with Crippen LogP contribution in [-0.2, 0) is 4.74 Å². The Balaban J connectivity index is 2.06. The highest BCUT2D eigenvalue weighted by Gasteiger charge is 2.17. The lowest BCUT2D eigenvalue weighted by molar-refractivity contribution is -0.0512. The number of rotatable bonds is 7. The molecular formula is C19H18F2O5. The quantitative estimate of drug-likeness (QED) is 0.550. The Morgan fingerprint density at radius 2 is 1.77 bits per heavy atom. The normalized spacial score (nSPS) is 10.5. The van der Waals surface area contributed by atoms with Gasteiger partial charge in [0.05, 0.1) is 12.7 Å². The largest absolute Gasteiger partial charge is 0.493 e. The van der Waals surface area contributed by atoms with Gasteiger partial charge in [0.2, 0.25) is 5.78 Å². The van der Waals surface area contributed by atoms with E-state index in [4.69, 9.17) is 9.47 Å². The van der Waals surface area contributed by atoms with Gasteiger partial charge < -0.3 is 14.2 Å². The highest BCUT2D eigenvalue weighted by molar-refractivity contribution is 6.00. The Kier molecular flexibility index (Phi) is 6.27. The van der Waals surface area contributed by atoms with Crippen molar-refractivity contribution in [1.82, 2.24) is 0 Å². The number of Topliss-reactive ketones (excluding diaryl/α,β-unsaturated/α-hetero) is 1. The zero-order valence-electron chi connectivity index (χ0n) is 14.5. The second-order valence-corrected chi connectivity index (χ2v) is 5.56. The molecule has 0 amide bonds. The predicted molar refractivity (Wildman–Crippen MR) is 90.2 cm³/mol. The van der Waals surface area contributed by atoms with Crippen LogP contribution in [0, 0.1) is 13.8 Å². The van der Waals surface area contributed by atoms with Crippen LogP contribution in [-0.4, -0.2) is 32.1 Å². The number of hydrogen-bond donors (Lipinski definition) is 0. The van der Waals surface area contributed by atoms with Crippen LogP contribution in [0.1, 0.15) is 31.8 Å². The molecule has 0 fully saturated rings. The van der Waals surface area contributed by atoms with Crippen molar-refractivity contribution in [2.75, 3.05) is 13.7 Å². The fourth-order valence-corrected chi connectivity index (χ4v) is 2.41. The number of alkyl halides is 2. The van der Waals surface area contributed by atoms with Gasteiger partial charge in [-0.1, -0.05) is 23.8 Å². The average molecular weight is 364 g/mol. The average Bonchev–Trinajstić information content (AvgIpc) is 2.59. The zero-order valence-corrected chi connectivity index (χ0v) is 14.5. The van der Waals surface area contributed by atoms with Gasteiger partial charge >= 0.3 is 12.6 Å². The van der Waals surface area contributed by atoms with Gasteiger partial charge in [-0.25, -0.2) is 4.79 Å². The van der Waals surface area contributed by atoms with Gasteiger partial charge in [-0.05, 0) is 37.6 Å². The molecule has 0 radical (unpaired) electrons. The number of ether oxygens (including phenoxy) is 3. The van der Waals surface area contributed by atoms with Crippen LogP contribution in [0.15, 0.2) is 36.4 Å². The molecule has 2 aromatic rings. The number of carbonyl (C=O) groups excluding carboxylic acids is 2. The molecule has 0 bridgehead atoms. The van der Waals surface area contributed by atoms with Gasteiger partial charge in [-0.15, -0.1) is 0 Å². The number of esters is 1. The molecule has 0 heterocycles. The maximum atomic E-state index is 12.3. The lowest BCUT2D eigenvalue weighted by Crippen LogP contribution is -2.15. The number of ketones is 1. The molecule has 0 aromatic heterocycles. The van der Waals surface area contributed by atoms with Crippen molar-refractivity contribution < 1.29 is 32.6 Å². The summed E-state index contributed by atoms with van der Waals surface area (Å²) < 4.78 is 38.9. The van der Waals surface area contributed by atoms with E-state index >= 15 is 0 Å². The Bertz CT molecular complexity index is 818. The SMILES string of the molecule is COc1cc(C(=O)OCC(=O)c2ccc(C)cc2C)ccc1OC(F)F. The molecule has 2 aromatic carbocycles. The van der Waals surface area contributed by atoms with Crippen molar-refractivity contribution in [3.8, 4) is 11.5 Å². The maximum Gasteiger partial charge on any atom is 0.387 e. The molecule has 138 valence electrons. The first-order chi connectivity index (χ1) is 12.3. The van der Waals surface area contributed by atoms with E-state index in [9.17, 15) is 18.4 Å². The Morgan fingerprint density at radius 1 is 1.04 bits per heavy atom. The first-order valence-corrected chi connectivity index (χ1v) is 7.72. The maximum absolute atomic E-state index is 12.3. The van der Waals surface area contributed by atoms with E-state index in [2.05, 4.69) is 4.74 Å². The minimum absolute atomic E-state index is 0.0412. The molecule has 0 aliphatic carbocycles. The van der Waals surface area contributed by atoms with Gasteiger partial charge in [0, 0.05) is 5.56 Å². The molecule has 0 aliphatic heterocycles. The van der Waals surface area contributed by atoms with Gasteiger partial charge in [0.1, 0.15) is 0 Å². The van der Waals surface area contributed by atoms with Crippen molar-refractivity contribution in [2.24, 2.45) is 0 Å². The first-order valence-electron chi connectivity index (χ1n) is 7.72. The Morgan fingerprint density at radius 3 is 2.38 bits per heavy atom. The summed E-state index contributed by atoms with van der Waals surface area (Å²) in [7, 11) is 1.26. The fraction of sp³-hybridized carbons (Fsp3) is 0.263. The highest BCUT2D eigenvalue weighted by atomic mass is 19.3. The van der Waals surface area contributed by atoms with Crippen LogP contribution in [0.2, 0.25) is 0 Å². The van der Waals surface area contributed by atoms with Crippen molar-refractivity contribution >= 4 is 11.8 Å². The van der Waals surface area contributed by atoms with E-state index in [1.165, 1.54) is 25.3 Å². The molecule has 7 heteroatoms. The first kappa shape index (κ1) is 19.4. The monoisotopic (exact) mass is 364 g/mol. The lowest BCUT2D eigenvalue weighted by Gasteiger charge is -2.11. The van der Waals surface area contributed by atoms with Crippen LogP contribution in [0.4, 0.5) is 8.78 Å². The highest BCUT2D eigenvalue weighted by Crippen LogP contribution is 2.29. The van der Waals surface area contributed by atoms with Gasteiger partial charge in [-0.3, -0.25) is 4.79 Å². The minimum Gasteiger partial charge on any atom is -0.493 e. The van der Waals surface area contributed by atoms with E-state index in [0.29, 0.717) is 5.56 Å². The van der Waals surface area contributed by atoms with Gasteiger partial charge in [0.25, 0.3) is 0 Å². The van der Waals surface area contributed by atoms with Crippen LogP contribution < -0.4 is 9.47 Å². The van der Waals surface area contributed by atoms with Crippen molar-refractivity contribution in [3.63, 3.8) is 0 Å². The molecule has 26 heavy (non-hydrogen) atoms. The molecule has 0 N–H and O–H groups in total.